The minimum Gasteiger partial charge on any atom is -0.366 e. The first-order valence-corrected chi connectivity index (χ1v) is 6.38. The summed E-state index contributed by atoms with van der Waals surface area (Å²) in [6, 6.07) is 20.0. The van der Waals surface area contributed by atoms with Crippen LogP contribution in [0.2, 0.25) is 0 Å². The maximum atomic E-state index is 11.1. The minimum absolute atomic E-state index is 0.414. The van der Waals surface area contributed by atoms with Crippen molar-refractivity contribution >= 4 is 5.91 Å². The lowest BCUT2D eigenvalue weighted by Crippen LogP contribution is -2.09. The zero-order valence-corrected chi connectivity index (χ0v) is 10.9. The molecular formula is C17H14N2O. The van der Waals surface area contributed by atoms with Gasteiger partial charge in [0, 0.05) is 18.1 Å². The highest BCUT2D eigenvalue weighted by molar-refractivity contribution is 5.92. The number of hydrogen-bond acceptors (Lipinski definition) is 1. The SMILES string of the molecule is NC(=O)c1ccn(-c2cccc(-c3ccccc3)c2)c1. The molecule has 0 aliphatic carbocycles. The highest BCUT2D eigenvalue weighted by atomic mass is 16.1. The summed E-state index contributed by atoms with van der Waals surface area (Å²) in [5.41, 5.74) is 9.08. The van der Waals surface area contributed by atoms with Gasteiger partial charge in [0.25, 0.3) is 0 Å². The maximum absolute atomic E-state index is 11.1. The summed E-state index contributed by atoms with van der Waals surface area (Å²) in [6.45, 7) is 0. The van der Waals surface area contributed by atoms with Crippen molar-refractivity contribution in [3.8, 4) is 16.8 Å². The van der Waals surface area contributed by atoms with Crippen LogP contribution in [0.1, 0.15) is 10.4 Å². The molecule has 98 valence electrons. The van der Waals surface area contributed by atoms with E-state index < -0.39 is 5.91 Å². The lowest BCUT2D eigenvalue weighted by Gasteiger charge is -2.06. The predicted molar refractivity (Wildman–Crippen MR) is 79.7 cm³/mol. The number of benzene rings is 2. The van der Waals surface area contributed by atoms with Gasteiger partial charge in [0.05, 0.1) is 5.56 Å². The number of amides is 1. The van der Waals surface area contributed by atoms with Crippen molar-refractivity contribution in [1.82, 2.24) is 4.57 Å². The molecular weight excluding hydrogens is 248 g/mol. The summed E-state index contributed by atoms with van der Waals surface area (Å²) in [5.74, 6) is -0.414. The van der Waals surface area contributed by atoms with E-state index in [2.05, 4.69) is 24.3 Å². The van der Waals surface area contributed by atoms with E-state index >= 15 is 0 Å². The Balaban J connectivity index is 2.01. The summed E-state index contributed by atoms with van der Waals surface area (Å²) in [4.78, 5) is 11.1. The largest absolute Gasteiger partial charge is 0.366 e. The first-order chi connectivity index (χ1) is 9.74. The Labute approximate surface area is 117 Å². The first-order valence-electron chi connectivity index (χ1n) is 6.38. The molecule has 0 aliphatic rings. The molecule has 0 aliphatic heterocycles. The van der Waals surface area contributed by atoms with Crippen molar-refractivity contribution in [3.05, 3.63) is 78.6 Å². The van der Waals surface area contributed by atoms with Crippen molar-refractivity contribution in [3.63, 3.8) is 0 Å². The molecule has 3 nitrogen and oxygen atoms in total. The fourth-order valence-electron chi connectivity index (χ4n) is 2.18. The van der Waals surface area contributed by atoms with Crippen LogP contribution in [0, 0.1) is 0 Å². The van der Waals surface area contributed by atoms with E-state index in [0.717, 1.165) is 16.8 Å². The highest BCUT2D eigenvalue weighted by Gasteiger charge is 2.05. The van der Waals surface area contributed by atoms with Crippen molar-refractivity contribution in [1.29, 1.82) is 0 Å². The van der Waals surface area contributed by atoms with Crippen LogP contribution in [-0.4, -0.2) is 10.5 Å². The molecule has 0 fully saturated rings. The average molecular weight is 262 g/mol. The third kappa shape index (κ3) is 2.34. The number of nitrogens with zero attached hydrogens (tertiary/aromatic N) is 1. The number of nitrogens with two attached hydrogens (primary N) is 1. The number of aromatic nitrogens is 1. The van der Waals surface area contributed by atoms with E-state index in [1.807, 2.05) is 41.1 Å². The van der Waals surface area contributed by atoms with E-state index in [1.54, 1.807) is 12.3 Å². The van der Waals surface area contributed by atoms with Crippen LogP contribution in [-0.2, 0) is 0 Å². The molecule has 2 aromatic carbocycles. The second kappa shape index (κ2) is 5.05. The van der Waals surface area contributed by atoms with Crippen LogP contribution >= 0.6 is 0 Å². The molecule has 0 atom stereocenters. The smallest absolute Gasteiger partial charge is 0.250 e. The molecule has 0 saturated heterocycles. The Kier molecular flexibility index (Phi) is 3.09. The first kappa shape index (κ1) is 12.2. The molecule has 0 spiro atoms. The fraction of sp³-hybridized carbons (Fsp3) is 0. The van der Waals surface area contributed by atoms with E-state index in [0.29, 0.717) is 5.56 Å². The molecule has 20 heavy (non-hydrogen) atoms. The third-order valence-electron chi connectivity index (χ3n) is 3.23. The number of primary amides is 1. The number of carbonyl (C=O) groups is 1. The predicted octanol–water partition coefficient (Wildman–Crippen LogP) is 3.24. The average Bonchev–Trinajstić information content (AvgIpc) is 2.98. The summed E-state index contributed by atoms with van der Waals surface area (Å²) in [5, 5.41) is 0. The Morgan fingerprint density at radius 3 is 2.35 bits per heavy atom. The van der Waals surface area contributed by atoms with E-state index in [4.69, 9.17) is 5.73 Å². The second-order valence-corrected chi connectivity index (χ2v) is 4.59. The Morgan fingerprint density at radius 2 is 1.65 bits per heavy atom. The van der Waals surface area contributed by atoms with Gasteiger partial charge in [-0.05, 0) is 29.3 Å². The summed E-state index contributed by atoms with van der Waals surface area (Å²) < 4.78 is 1.90. The molecule has 0 unspecified atom stereocenters. The molecule has 3 aromatic rings. The monoisotopic (exact) mass is 262 g/mol. The summed E-state index contributed by atoms with van der Waals surface area (Å²) >= 11 is 0. The van der Waals surface area contributed by atoms with Crippen molar-refractivity contribution < 1.29 is 4.79 Å². The molecule has 3 heteroatoms. The molecule has 2 N–H and O–H groups in total. The molecule has 0 bridgehead atoms. The van der Waals surface area contributed by atoms with Gasteiger partial charge in [0.2, 0.25) is 5.91 Å². The standard InChI is InChI=1S/C17H14N2O/c18-17(20)15-9-10-19(12-15)16-8-4-7-14(11-16)13-5-2-1-3-6-13/h1-12H,(H2,18,20). The van der Waals surface area contributed by atoms with E-state index in [-0.39, 0.29) is 0 Å². The van der Waals surface area contributed by atoms with Crippen LogP contribution in [0.5, 0.6) is 0 Å². The fourth-order valence-corrected chi connectivity index (χ4v) is 2.18. The summed E-state index contributed by atoms with van der Waals surface area (Å²) in [7, 11) is 0. The van der Waals surface area contributed by atoms with Gasteiger partial charge >= 0.3 is 0 Å². The van der Waals surface area contributed by atoms with Gasteiger partial charge in [0.15, 0.2) is 0 Å². The van der Waals surface area contributed by atoms with Crippen molar-refractivity contribution in [2.24, 2.45) is 5.73 Å². The molecule has 1 heterocycles. The third-order valence-corrected chi connectivity index (χ3v) is 3.23. The lowest BCUT2D eigenvalue weighted by atomic mass is 10.1. The Morgan fingerprint density at radius 1 is 0.900 bits per heavy atom. The van der Waals surface area contributed by atoms with Crippen molar-refractivity contribution in [2.45, 2.75) is 0 Å². The van der Waals surface area contributed by atoms with E-state index in [1.165, 1.54) is 0 Å². The number of rotatable bonds is 3. The molecule has 0 radical (unpaired) electrons. The van der Waals surface area contributed by atoms with Gasteiger partial charge in [0.1, 0.15) is 0 Å². The van der Waals surface area contributed by atoms with Crippen LogP contribution in [0.3, 0.4) is 0 Å². The van der Waals surface area contributed by atoms with Crippen LogP contribution < -0.4 is 5.73 Å². The molecule has 1 amide bonds. The zero-order chi connectivity index (χ0) is 13.9. The topological polar surface area (TPSA) is 48.0 Å². The molecule has 1 aromatic heterocycles. The van der Waals surface area contributed by atoms with Crippen LogP contribution in [0.15, 0.2) is 73.1 Å². The van der Waals surface area contributed by atoms with Gasteiger partial charge in [-0.15, -0.1) is 0 Å². The second-order valence-electron chi connectivity index (χ2n) is 4.59. The van der Waals surface area contributed by atoms with Gasteiger partial charge in [-0.3, -0.25) is 4.79 Å². The molecule has 3 rings (SSSR count). The number of hydrogen-bond donors (Lipinski definition) is 1. The Hall–Kier alpha value is -2.81. The molecule has 0 saturated carbocycles. The van der Waals surface area contributed by atoms with Crippen molar-refractivity contribution in [2.75, 3.05) is 0 Å². The van der Waals surface area contributed by atoms with Gasteiger partial charge in [-0.2, -0.15) is 0 Å². The number of carbonyl (C=O) groups excluding carboxylic acids is 1. The van der Waals surface area contributed by atoms with Crippen LogP contribution in [0.25, 0.3) is 16.8 Å². The van der Waals surface area contributed by atoms with Gasteiger partial charge < -0.3 is 10.3 Å². The van der Waals surface area contributed by atoms with Crippen LogP contribution in [0.4, 0.5) is 0 Å². The summed E-state index contributed by atoms with van der Waals surface area (Å²) in [6.07, 6.45) is 3.58. The minimum atomic E-state index is -0.414. The highest BCUT2D eigenvalue weighted by Crippen LogP contribution is 2.22. The quantitative estimate of drug-likeness (QED) is 0.774. The van der Waals surface area contributed by atoms with Gasteiger partial charge in [-0.1, -0.05) is 42.5 Å². The lowest BCUT2D eigenvalue weighted by molar-refractivity contribution is 0.100. The van der Waals surface area contributed by atoms with Gasteiger partial charge in [-0.25, -0.2) is 0 Å². The maximum Gasteiger partial charge on any atom is 0.250 e. The Bertz CT molecular complexity index is 744. The zero-order valence-electron chi connectivity index (χ0n) is 10.9. The normalized spacial score (nSPS) is 10.4. The van der Waals surface area contributed by atoms with E-state index in [9.17, 15) is 4.79 Å².